The molecular formula is C13H20N2O2S2. The minimum absolute atomic E-state index is 0.145. The fourth-order valence-corrected chi connectivity index (χ4v) is 3.96. The molecule has 0 radical (unpaired) electrons. The Labute approximate surface area is 119 Å². The second-order valence-electron chi connectivity index (χ2n) is 4.78. The second-order valence-corrected chi connectivity index (χ2v) is 8.22. The van der Waals surface area contributed by atoms with E-state index >= 15 is 0 Å². The van der Waals surface area contributed by atoms with Crippen molar-refractivity contribution in [3.63, 3.8) is 0 Å². The van der Waals surface area contributed by atoms with Gasteiger partial charge in [0.05, 0.1) is 5.75 Å². The molecule has 0 bridgehead atoms. The summed E-state index contributed by atoms with van der Waals surface area (Å²) in [4.78, 5) is 1.31. The minimum Gasteiger partial charge on any atom is -0.309 e. The van der Waals surface area contributed by atoms with E-state index in [1.165, 1.54) is 14.8 Å². The maximum atomic E-state index is 11.7. The highest BCUT2D eigenvalue weighted by Crippen LogP contribution is 2.35. The number of sulfonamides is 1. The van der Waals surface area contributed by atoms with Gasteiger partial charge < -0.3 is 5.32 Å². The zero-order valence-electron chi connectivity index (χ0n) is 11.3. The van der Waals surface area contributed by atoms with Crippen molar-refractivity contribution in [2.45, 2.75) is 17.4 Å². The number of fused-ring (bicyclic) bond motifs is 1. The van der Waals surface area contributed by atoms with Crippen LogP contribution in [0, 0.1) is 0 Å². The number of nitrogens with zero attached hydrogens (tertiary/aromatic N) is 1. The highest BCUT2D eigenvalue weighted by Gasteiger charge is 2.20. The average molecular weight is 300 g/mol. The third-order valence-corrected chi connectivity index (χ3v) is 6.22. The van der Waals surface area contributed by atoms with Crippen LogP contribution in [0.4, 0.5) is 0 Å². The lowest BCUT2D eigenvalue weighted by atomic mass is 10.0. The Hall–Kier alpha value is -0.560. The molecule has 1 aliphatic rings. The summed E-state index contributed by atoms with van der Waals surface area (Å²) in [7, 11) is 0.0319. The SMILES string of the molecule is CN(C)S(=O)(=O)CCNC1CCSc2ccccc21. The fraction of sp³-hybridized carbons (Fsp3) is 0.538. The largest absolute Gasteiger partial charge is 0.309 e. The first-order valence-electron chi connectivity index (χ1n) is 6.36. The van der Waals surface area contributed by atoms with Crippen molar-refractivity contribution < 1.29 is 8.42 Å². The van der Waals surface area contributed by atoms with Crippen LogP contribution in [0.1, 0.15) is 18.0 Å². The molecule has 4 nitrogen and oxygen atoms in total. The number of hydrogen-bond acceptors (Lipinski definition) is 4. The van der Waals surface area contributed by atoms with Crippen molar-refractivity contribution in [1.82, 2.24) is 9.62 Å². The molecule has 1 unspecified atom stereocenters. The third kappa shape index (κ3) is 3.72. The van der Waals surface area contributed by atoms with Gasteiger partial charge in [0.1, 0.15) is 0 Å². The molecule has 0 aliphatic carbocycles. The van der Waals surface area contributed by atoms with E-state index in [-0.39, 0.29) is 11.8 Å². The van der Waals surface area contributed by atoms with Crippen molar-refractivity contribution >= 4 is 21.8 Å². The molecule has 106 valence electrons. The van der Waals surface area contributed by atoms with E-state index in [1.807, 2.05) is 23.9 Å². The molecule has 0 fully saturated rings. The van der Waals surface area contributed by atoms with E-state index in [0.717, 1.165) is 12.2 Å². The second kappa shape index (κ2) is 6.26. The highest BCUT2D eigenvalue weighted by molar-refractivity contribution is 7.99. The number of benzene rings is 1. The van der Waals surface area contributed by atoms with Crippen LogP contribution < -0.4 is 5.32 Å². The zero-order valence-corrected chi connectivity index (χ0v) is 12.9. The molecule has 1 atom stereocenters. The molecule has 1 aromatic rings. The van der Waals surface area contributed by atoms with Gasteiger partial charge in [-0.1, -0.05) is 18.2 Å². The van der Waals surface area contributed by atoms with Crippen LogP contribution in [0.5, 0.6) is 0 Å². The van der Waals surface area contributed by atoms with Crippen LogP contribution in [0.15, 0.2) is 29.2 Å². The van der Waals surface area contributed by atoms with Crippen LogP contribution in [0.25, 0.3) is 0 Å². The van der Waals surface area contributed by atoms with Gasteiger partial charge in [-0.2, -0.15) is 0 Å². The minimum atomic E-state index is -3.11. The van der Waals surface area contributed by atoms with Gasteiger partial charge in [0, 0.05) is 31.6 Å². The third-order valence-electron chi connectivity index (χ3n) is 3.27. The molecule has 0 saturated heterocycles. The number of nitrogens with one attached hydrogen (secondary N) is 1. The standard InChI is InChI=1S/C13H20N2O2S2/c1-15(2)19(16,17)10-8-14-12-7-9-18-13-6-4-3-5-11(12)13/h3-6,12,14H,7-10H2,1-2H3. The van der Waals surface area contributed by atoms with Gasteiger partial charge in [-0.3, -0.25) is 0 Å². The maximum absolute atomic E-state index is 11.7. The van der Waals surface area contributed by atoms with Crippen molar-refractivity contribution in [2.75, 3.05) is 32.1 Å². The fourth-order valence-electron chi connectivity index (χ4n) is 2.10. The first kappa shape index (κ1) is 14.8. The van der Waals surface area contributed by atoms with Gasteiger partial charge in [-0.25, -0.2) is 12.7 Å². The van der Waals surface area contributed by atoms with Crippen molar-refractivity contribution in [3.8, 4) is 0 Å². The zero-order chi connectivity index (χ0) is 13.9. The van der Waals surface area contributed by atoms with Gasteiger partial charge >= 0.3 is 0 Å². The first-order valence-corrected chi connectivity index (χ1v) is 8.95. The Kier molecular flexibility index (Phi) is 4.89. The predicted molar refractivity (Wildman–Crippen MR) is 80.0 cm³/mol. The Morgan fingerprint density at radius 2 is 2.11 bits per heavy atom. The molecule has 1 heterocycles. The highest BCUT2D eigenvalue weighted by atomic mass is 32.2. The van der Waals surface area contributed by atoms with Crippen LogP contribution in [0.2, 0.25) is 0 Å². The molecule has 2 rings (SSSR count). The summed E-state index contributed by atoms with van der Waals surface area (Å²) in [6, 6.07) is 8.61. The summed E-state index contributed by atoms with van der Waals surface area (Å²) < 4.78 is 24.7. The predicted octanol–water partition coefficient (Wildman–Crippen LogP) is 1.70. The molecule has 0 amide bonds. The molecule has 1 N–H and O–H groups in total. The molecule has 1 aliphatic heterocycles. The number of thioether (sulfide) groups is 1. The van der Waals surface area contributed by atoms with Gasteiger partial charge in [0.15, 0.2) is 0 Å². The molecule has 1 aromatic carbocycles. The normalized spacial score (nSPS) is 19.4. The summed E-state index contributed by atoms with van der Waals surface area (Å²) in [6.45, 7) is 0.490. The molecule has 19 heavy (non-hydrogen) atoms. The van der Waals surface area contributed by atoms with Gasteiger partial charge in [0.25, 0.3) is 0 Å². The van der Waals surface area contributed by atoms with Gasteiger partial charge in [-0.05, 0) is 23.8 Å². The molecule has 0 saturated carbocycles. The van der Waals surface area contributed by atoms with Crippen molar-refractivity contribution in [1.29, 1.82) is 0 Å². The molecule has 0 aromatic heterocycles. The summed E-state index contributed by atoms with van der Waals surface area (Å²) >= 11 is 1.87. The van der Waals surface area contributed by atoms with Crippen molar-refractivity contribution in [2.24, 2.45) is 0 Å². The Bertz CT molecular complexity index is 529. The quantitative estimate of drug-likeness (QED) is 0.899. The van der Waals surface area contributed by atoms with Gasteiger partial charge in [-0.15, -0.1) is 11.8 Å². The van der Waals surface area contributed by atoms with E-state index in [4.69, 9.17) is 0 Å². The lowest BCUT2D eigenvalue weighted by Gasteiger charge is -2.26. The van der Waals surface area contributed by atoms with E-state index < -0.39 is 10.0 Å². The number of hydrogen-bond donors (Lipinski definition) is 1. The van der Waals surface area contributed by atoms with E-state index in [2.05, 4.69) is 17.4 Å². The van der Waals surface area contributed by atoms with E-state index in [0.29, 0.717) is 6.54 Å². The maximum Gasteiger partial charge on any atom is 0.214 e. The molecular weight excluding hydrogens is 280 g/mol. The van der Waals surface area contributed by atoms with Gasteiger partial charge in [0.2, 0.25) is 10.0 Å². The summed E-state index contributed by atoms with van der Waals surface area (Å²) in [6.07, 6.45) is 1.05. The smallest absolute Gasteiger partial charge is 0.214 e. The Morgan fingerprint density at radius 3 is 2.84 bits per heavy atom. The Morgan fingerprint density at radius 1 is 1.37 bits per heavy atom. The van der Waals surface area contributed by atoms with Crippen LogP contribution in [0.3, 0.4) is 0 Å². The number of rotatable bonds is 5. The van der Waals surface area contributed by atoms with E-state index in [1.54, 1.807) is 14.1 Å². The topological polar surface area (TPSA) is 49.4 Å². The summed E-state index contributed by atoms with van der Waals surface area (Å²) in [5.74, 6) is 1.22. The van der Waals surface area contributed by atoms with E-state index in [9.17, 15) is 8.42 Å². The molecule has 0 spiro atoms. The van der Waals surface area contributed by atoms with Crippen molar-refractivity contribution in [3.05, 3.63) is 29.8 Å². The molecule has 6 heteroatoms. The lowest BCUT2D eigenvalue weighted by molar-refractivity contribution is 0.499. The Balaban J connectivity index is 1.95. The first-order chi connectivity index (χ1) is 9.00. The summed E-state index contributed by atoms with van der Waals surface area (Å²) in [5, 5.41) is 3.37. The van der Waals surface area contributed by atoms with Crippen LogP contribution in [-0.2, 0) is 10.0 Å². The van der Waals surface area contributed by atoms with Crippen LogP contribution in [-0.4, -0.2) is 44.9 Å². The monoisotopic (exact) mass is 300 g/mol. The van der Waals surface area contributed by atoms with Crippen LogP contribution >= 0.6 is 11.8 Å². The average Bonchev–Trinajstić information content (AvgIpc) is 2.38. The summed E-state index contributed by atoms with van der Waals surface area (Å²) in [5.41, 5.74) is 1.29. The lowest BCUT2D eigenvalue weighted by Crippen LogP contribution is -2.33.